The van der Waals surface area contributed by atoms with E-state index in [0.29, 0.717) is 12.1 Å². The van der Waals surface area contributed by atoms with Crippen LogP contribution in [0.5, 0.6) is 0 Å². The Morgan fingerprint density at radius 1 is 1.64 bits per heavy atom. The van der Waals surface area contributed by atoms with Crippen molar-refractivity contribution in [3.8, 4) is 0 Å². The maximum atomic E-state index is 4.19. The highest BCUT2D eigenvalue weighted by atomic mass is 15.6. The largest absolute Gasteiger partial charge is 0.304 e. The van der Waals surface area contributed by atoms with Crippen LogP contribution in [-0.4, -0.2) is 9.78 Å². The van der Waals surface area contributed by atoms with E-state index in [0.717, 1.165) is 5.82 Å². The molecule has 4 heteroatoms. The second-order valence-corrected chi connectivity index (χ2v) is 3.12. The van der Waals surface area contributed by atoms with Crippen LogP contribution in [0.2, 0.25) is 0 Å². The van der Waals surface area contributed by atoms with Gasteiger partial charge in [0.25, 0.3) is 0 Å². The Bertz CT molecular complexity index is 253. The van der Waals surface area contributed by atoms with Gasteiger partial charge in [-0.05, 0) is 5.92 Å². The molecule has 0 saturated carbocycles. The summed E-state index contributed by atoms with van der Waals surface area (Å²) in [6.07, 6.45) is 2.10. The van der Waals surface area contributed by atoms with Crippen LogP contribution in [-0.2, 0) is 0 Å². The van der Waals surface area contributed by atoms with Crippen LogP contribution in [0.1, 0.15) is 20.0 Å². The fourth-order valence-corrected chi connectivity index (χ4v) is 1.29. The van der Waals surface area contributed by atoms with Gasteiger partial charge >= 0.3 is 0 Å². The Morgan fingerprint density at radius 3 is 3.18 bits per heavy atom. The topological polar surface area (TPSA) is 41.9 Å². The molecule has 1 aliphatic heterocycles. The predicted molar refractivity (Wildman–Crippen MR) is 42.9 cm³/mol. The van der Waals surface area contributed by atoms with Crippen LogP contribution < -0.4 is 10.9 Å². The van der Waals surface area contributed by atoms with Gasteiger partial charge in [-0.25, -0.2) is 10.1 Å². The lowest BCUT2D eigenvalue weighted by atomic mass is 10.2. The van der Waals surface area contributed by atoms with Crippen LogP contribution >= 0.6 is 0 Å². The second kappa shape index (κ2) is 2.23. The Labute approximate surface area is 65.6 Å². The first kappa shape index (κ1) is 6.67. The molecule has 0 aliphatic carbocycles. The zero-order valence-electron chi connectivity index (χ0n) is 6.70. The molecule has 0 spiro atoms. The van der Waals surface area contributed by atoms with Crippen molar-refractivity contribution in [1.29, 1.82) is 0 Å². The smallest absolute Gasteiger partial charge is 0.140 e. The van der Waals surface area contributed by atoms with E-state index in [1.165, 1.54) is 0 Å². The van der Waals surface area contributed by atoms with Crippen molar-refractivity contribution in [2.45, 2.75) is 20.0 Å². The molecule has 1 unspecified atom stereocenters. The second-order valence-electron chi connectivity index (χ2n) is 3.12. The van der Waals surface area contributed by atoms with Gasteiger partial charge in [0.2, 0.25) is 0 Å². The predicted octanol–water partition coefficient (Wildman–Crippen LogP) is 0.968. The van der Waals surface area contributed by atoms with Crippen molar-refractivity contribution in [2.24, 2.45) is 5.92 Å². The van der Waals surface area contributed by atoms with Crippen molar-refractivity contribution in [3.05, 3.63) is 12.3 Å². The Balaban J connectivity index is 2.31. The van der Waals surface area contributed by atoms with Crippen LogP contribution in [0.15, 0.2) is 12.3 Å². The Morgan fingerprint density at radius 2 is 2.45 bits per heavy atom. The third kappa shape index (κ3) is 0.903. The van der Waals surface area contributed by atoms with Crippen molar-refractivity contribution in [3.63, 3.8) is 0 Å². The zero-order valence-corrected chi connectivity index (χ0v) is 6.70. The minimum absolute atomic E-state index is 0.292. The van der Waals surface area contributed by atoms with Gasteiger partial charge in [-0.1, -0.05) is 13.8 Å². The lowest BCUT2D eigenvalue weighted by molar-refractivity contribution is 0.335. The molecular weight excluding hydrogens is 140 g/mol. The molecule has 60 valence electrons. The Hall–Kier alpha value is -1.03. The molecule has 2 rings (SSSR count). The maximum Gasteiger partial charge on any atom is 0.140 e. The molecule has 11 heavy (non-hydrogen) atoms. The third-order valence-electron chi connectivity index (χ3n) is 1.91. The van der Waals surface area contributed by atoms with E-state index in [4.69, 9.17) is 0 Å². The number of hydrogen-bond acceptors (Lipinski definition) is 3. The molecule has 2 N–H and O–H groups in total. The summed E-state index contributed by atoms with van der Waals surface area (Å²) in [6, 6.07) is 1.95. The molecule has 0 radical (unpaired) electrons. The first-order valence-corrected chi connectivity index (χ1v) is 3.84. The maximum absolute atomic E-state index is 4.19. The summed E-state index contributed by atoms with van der Waals surface area (Å²) in [5.41, 5.74) is 6.21. The van der Waals surface area contributed by atoms with Gasteiger partial charge in [-0.3, -0.25) is 0 Å². The minimum atomic E-state index is 0.292. The number of aromatic nitrogens is 2. The van der Waals surface area contributed by atoms with Gasteiger partial charge in [0.05, 0.1) is 6.20 Å². The van der Waals surface area contributed by atoms with Crippen molar-refractivity contribution >= 4 is 5.82 Å². The van der Waals surface area contributed by atoms with Crippen molar-refractivity contribution in [2.75, 3.05) is 5.43 Å². The number of rotatable bonds is 1. The zero-order chi connectivity index (χ0) is 7.84. The summed E-state index contributed by atoms with van der Waals surface area (Å²) in [4.78, 5) is 0. The molecule has 0 amide bonds. The van der Waals surface area contributed by atoms with Gasteiger partial charge < -0.3 is 5.43 Å². The van der Waals surface area contributed by atoms with E-state index >= 15 is 0 Å². The van der Waals surface area contributed by atoms with E-state index in [1.54, 1.807) is 6.20 Å². The number of hydrazine groups is 1. The molecule has 4 nitrogen and oxygen atoms in total. The molecular formula is C7H12N4. The highest BCUT2D eigenvalue weighted by Gasteiger charge is 2.23. The normalized spacial score (nSPS) is 21.9. The number of nitrogens with zero attached hydrogens (tertiary/aromatic N) is 2. The standard InChI is InChI=1S/C7H12N4/c1-5(2)7-10-9-6-3-4-8-11(6)7/h3-5,7,9-10H,1-2H3. The summed E-state index contributed by atoms with van der Waals surface area (Å²) >= 11 is 0. The SMILES string of the molecule is CC(C)C1NNc2ccnn21. The average molecular weight is 152 g/mol. The number of anilines is 1. The van der Waals surface area contributed by atoms with E-state index in [1.807, 2.05) is 10.7 Å². The van der Waals surface area contributed by atoms with Gasteiger partial charge in [0, 0.05) is 6.07 Å². The van der Waals surface area contributed by atoms with E-state index in [-0.39, 0.29) is 0 Å². The van der Waals surface area contributed by atoms with Crippen molar-refractivity contribution < 1.29 is 0 Å². The van der Waals surface area contributed by atoms with Gasteiger partial charge in [0.1, 0.15) is 12.0 Å². The van der Waals surface area contributed by atoms with E-state index in [9.17, 15) is 0 Å². The quantitative estimate of drug-likeness (QED) is 0.630. The minimum Gasteiger partial charge on any atom is -0.304 e. The molecule has 1 aromatic heterocycles. The summed E-state index contributed by atoms with van der Waals surface area (Å²) in [5, 5.41) is 4.19. The molecule has 0 aromatic carbocycles. The van der Waals surface area contributed by atoms with Gasteiger partial charge in [0.15, 0.2) is 0 Å². The van der Waals surface area contributed by atoms with Gasteiger partial charge in [-0.2, -0.15) is 5.10 Å². The highest BCUT2D eigenvalue weighted by molar-refractivity contribution is 5.36. The molecule has 2 heterocycles. The number of nitrogens with one attached hydrogen (secondary N) is 2. The Kier molecular flexibility index (Phi) is 1.35. The average Bonchev–Trinajstić information content (AvgIpc) is 2.41. The van der Waals surface area contributed by atoms with Gasteiger partial charge in [-0.15, -0.1) is 0 Å². The van der Waals surface area contributed by atoms with Crippen LogP contribution in [0.25, 0.3) is 0 Å². The summed E-state index contributed by atoms with van der Waals surface area (Å²) in [6.45, 7) is 4.33. The molecule has 1 aromatic rings. The van der Waals surface area contributed by atoms with Crippen LogP contribution in [0, 0.1) is 5.92 Å². The molecule has 0 fully saturated rings. The fourth-order valence-electron chi connectivity index (χ4n) is 1.29. The van der Waals surface area contributed by atoms with Crippen LogP contribution in [0.4, 0.5) is 5.82 Å². The summed E-state index contributed by atoms with van der Waals surface area (Å²) < 4.78 is 1.96. The monoisotopic (exact) mass is 152 g/mol. The molecule has 0 saturated heterocycles. The summed E-state index contributed by atoms with van der Waals surface area (Å²) in [5.74, 6) is 1.59. The number of fused-ring (bicyclic) bond motifs is 1. The molecule has 0 bridgehead atoms. The lowest BCUT2D eigenvalue weighted by Crippen LogP contribution is -2.26. The lowest BCUT2D eigenvalue weighted by Gasteiger charge is -2.14. The first-order chi connectivity index (χ1) is 5.29. The third-order valence-corrected chi connectivity index (χ3v) is 1.91. The first-order valence-electron chi connectivity index (χ1n) is 3.84. The molecule has 1 atom stereocenters. The summed E-state index contributed by atoms with van der Waals surface area (Å²) in [7, 11) is 0. The number of hydrogen-bond donors (Lipinski definition) is 2. The van der Waals surface area contributed by atoms with Crippen LogP contribution in [0.3, 0.4) is 0 Å². The molecule has 1 aliphatic rings. The van der Waals surface area contributed by atoms with E-state index < -0.39 is 0 Å². The van der Waals surface area contributed by atoms with Crippen molar-refractivity contribution in [1.82, 2.24) is 15.2 Å². The fraction of sp³-hybridized carbons (Fsp3) is 0.571. The van der Waals surface area contributed by atoms with E-state index in [2.05, 4.69) is 29.8 Å². The highest BCUT2D eigenvalue weighted by Crippen LogP contribution is 2.23.